The van der Waals surface area contributed by atoms with Gasteiger partial charge in [-0.2, -0.15) is 4.99 Å². The van der Waals surface area contributed by atoms with Crippen LogP contribution in [0, 0.1) is 0 Å². The molecule has 0 N–H and O–H groups in total. The zero-order valence-corrected chi connectivity index (χ0v) is 18.2. The Morgan fingerprint density at radius 2 is 1.66 bits per heavy atom. The predicted molar refractivity (Wildman–Crippen MR) is 110 cm³/mol. The molecule has 0 bridgehead atoms. The van der Waals surface area contributed by atoms with E-state index in [1.807, 2.05) is 0 Å². The van der Waals surface area contributed by atoms with Crippen LogP contribution in [-0.2, 0) is 16.9 Å². The number of sulfone groups is 1. The summed E-state index contributed by atoms with van der Waals surface area (Å²) in [5, 5.41) is 0. The standard InChI is InChI=1S/C19H20N2O6S2/c1-21-13-7-6-12(29(5,23)24)10-16(13)28-19(21)20-18(22)11-8-14(25-2)17(27-4)15(9-11)26-3/h6-10H,1-5H3. The van der Waals surface area contributed by atoms with Crippen molar-refractivity contribution < 1.29 is 27.4 Å². The first kappa shape index (κ1) is 20.9. The van der Waals surface area contributed by atoms with E-state index < -0.39 is 15.7 Å². The molecule has 0 saturated carbocycles. The van der Waals surface area contributed by atoms with Gasteiger partial charge in [0.2, 0.25) is 5.75 Å². The molecule has 0 spiro atoms. The molecule has 1 amide bonds. The lowest BCUT2D eigenvalue weighted by Crippen LogP contribution is -2.13. The molecule has 0 aliphatic rings. The van der Waals surface area contributed by atoms with Crippen LogP contribution in [0.25, 0.3) is 10.2 Å². The summed E-state index contributed by atoms with van der Waals surface area (Å²) in [5.41, 5.74) is 1.05. The summed E-state index contributed by atoms with van der Waals surface area (Å²) < 4.78 is 41.9. The first-order valence-corrected chi connectivity index (χ1v) is 11.1. The fourth-order valence-corrected chi connectivity index (χ4v) is 4.59. The monoisotopic (exact) mass is 436 g/mol. The number of nitrogens with zero attached hydrogens (tertiary/aromatic N) is 2. The highest BCUT2D eigenvalue weighted by atomic mass is 32.2. The van der Waals surface area contributed by atoms with Gasteiger partial charge in [0, 0.05) is 18.9 Å². The van der Waals surface area contributed by atoms with Gasteiger partial charge in [-0.15, -0.1) is 0 Å². The molecule has 0 radical (unpaired) electrons. The second-order valence-corrected chi connectivity index (χ2v) is 9.20. The number of amides is 1. The summed E-state index contributed by atoms with van der Waals surface area (Å²) in [5.74, 6) is 0.592. The topological polar surface area (TPSA) is 96.2 Å². The second-order valence-electron chi connectivity index (χ2n) is 6.18. The third-order valence-corrected chi connectivity index (χ3v) is 6.52. The molecule has 154 valence electrons. The van der Waals surface area contributed by atoms with E-state index in [1.165, 1.54) is 50.9 Å². The molecule has 0 unspecified atom stereocenters. The maximum Gasteiger partial charge on any atom is 0.279 e. The van der Waals surface area contributed by atoms with Crippen molar-refractivity contribution in [2.75, 3.05) is 27.6 Å². The molecular weight excluding hydrogens is 416 g/mol. The Morgan fingerprint density at radius 3 is 2.17 bits per heavy atom. The largest absolute Gasteiger partial charge is 0.493 e. The Morgan fingerprint density at radius 1 is 1.03 bits per heavy atom. The summed E-state index contributed by atoms with van der Waals surface area (Å²) in [6, 6.07) is 7.88. The fraction of sp³-hybridized carbons (Fsp3) is 0.263. The van der Waals surface area contributed by atoms with Crippen LogP contribution in [0.5, 0.6) is 17.2 Å². The number of thiazole rings is 1. The predicted octanol–water partition coefficient (Wildman–Crippen LogP) is 2.41. The van der Waals surface area contributed by atoms with E-state index in [0.29, 0.717) is 26.7 Å². The summed E-state index contributed by atoms with van der Waals surface area (Å²) in [4.78, 5) is 17.6. The SMILES string of the molecule is COc1cc(C(=O)N=c2sc3cc(S(C)(=O)=O)ccc3n2C)cc(OC)c1OC. The zero-order chi connectivity index (χ0) is 21.3. The number of carbonyl (C=O) groups is 1. The van der Waals surface area contributed by atoms with Crippen molar-refractivity contribution in [3.8, 4) is 17.2 Å². The highest BCUT2D eigenvalue weighted by Gasteiger charge is 2.17. The van der Waals surface area contributed by atoms with Crippen molar-refractivity contribution in [3.63, 3.8) is 0 Å². The van der Waals surface area contributed by atoms with Crippen LogP contribution in [0.1, 0.15) is 10.4 Å². The molecule has 0 aliphatic heterocycles. The third kappa shape index (κ3) is 3.99. The van der Waals surface area contributed by atoms with E-state index in [4.69, 9.17) is 14.2 Å². The van der Waals surface area contributed by atoms with Gasteiger partial charge < -0.3 is 18.8 Å². The van der Waals surface area contributed by atoms with Crippen molar-refractivity contribution in [3.05, 3.63) is 40.7 Å². The van der Waals surface area contributed by atoms with Crippen molar-refractivity contribution >= 4 is 37.3 Å². The number of benzene rings is 2. The maximum atomic E-state index is 12.8. The smallest absolute Gasteiger partial charge is 0.279 e. The minimum Gasteiger partial charge on any atom is -0.493 e. The Hall–Kier alpha value is -2.85. The maximum absolute atomic E-state index is 12.8. The summed E-state index contributed by atoms with van der Waals surface area (Å²) in [6.45, 7) is 0. The van der Waals surface area contributed by atoms with Gasteiger partial charge in [-0.3, -0.25) is 4.79 Å². The molecule has 1 heterocycles. The number of fused-ring (bicyclic) bond motifs is 1. The number of ether oxygens (including phenoxy) is 3. The van der Waals surface area contributed by atoms with E-state index in [9.17, 15) is 13.2 Å². The molecule has 29 heavy (non-hydrogen) atoms. The lowest BCUT2D eigenvalue weighted by Gasteiger charge is -2.12. The molecule has 10 heteroatoms. The van der Waals surface area contributed by atoms with Crippen LogP contribution < -0.4 is 19.0 Å². The van der Waals surface area contributed by atoms with Gasteiger partial charge in [-0.1, -0.05) is 11.3 Å². The normalized spacial score (nSPS) is 12.2. The minimum atomic E-state index is -3.33. The van der Waals surface area contributed by atoms with E-state index in [1.54, 1.807) is 23.7 Å². The molecular formula is C19H20N2O6S2. The van der Waals surface area contributed by atoms with Crippen LogP contribution in [0.15, 0.2) is 40.2 Å². The Labute approximate surface area is 171 Å². The summed E-state index contributed by atoms with van der Waals surface area (Å²) in [6.07, 6.45) is 1.15. The van der Waals surface area contributed by atoms with Gasteiger partial charge in [0.1, 0.15) is 0 Å². The summed E-state index contributed by atoms with van der Waals surface area (Å²) >= 11 is 1.23. The van der Waals surface area contributed by atoms with E-state index in [-0.39, 0.29) is 10.5 Å². The van der Waals surface area contributed by atoms with Crippen molar-refractivity contribution in [2.24, 2.45) is 12.0 Å². The molecule has 8 nitrogen and oxygen atoms in total. The number of aryl methyl sites for hydroxylation is 1. The molecule has 0 aliphatic carbocycles. The first-order chi connectivity index (χ1) is 13.7. The number of aromatic nitrogens is 1. The average Bonchev–Trinajstić information content (AvgIpc) is 3.00. The highest BCUT2D eigenvalue weighted by molar-refractivity contribution is 7.90. The first-order valence-electron chi connectivity index (χ1n) is 8.38. The molecule has 3 rings (SSSR count). The van der Waals surface area contributed by atoms with Gasteiger partial charge in [0.05, 0.1) is 36.4 Å². The lowest BCUT2D eigenvalue weighted by atomic mass is 10.1. The zero-order valence-electron chi connectivity index (χ0n) is 16.5. The highest BCUT2D eigenvalue weighted by Crippen LogP contribution is 2.38. The van der Waals surface area contributed by atoms with Gasteiger partial charge in [0.15, 0.2) is 26.1 Å². The molecule has 2 aromatic carbocycles. The summed E-state index contributed by atoms with van der Waals surface area (Å²) in [7, 11) is 2.85. The van der Waals surface area contributed by atoms with Crippen molar-refractivity contribution in [2.45, 2.75) is 4.90 Å². The Balaban J connectivity index is 2.12. The number of carbonyl (C=O) groups excluding carboxylic acids is 1. The molecule has 0 saturated heterocycles. The Bertz CT molecular complexity index is 1250. The van der Waals surface area contributed by atoms with Crippen LogP contribution in [0.4, 0.5) is 0 Å². The van der Waals surface area contributed by atoms with Gasteiger partial charge in [0.25, 0.3) is 5.91 Å². The van der Waals surface area contributed by atoms with Crippen molar-refractivity contribution in [1.82, 2.24) is 4.57 Å². The van der Waals surface area contributed by atoms with Gasteiger partial charge in [-0.05, 0) is 30.3 Å². The minimum absolute atomic E-state index is 0.217. The number of methoxy groups -OCH3 is 3. The van der Waals surface area contributed by atoms with Crippen LogP contribution in [0.3, 0.4) is 0 Å². The van der Waals surface area contributed by atoms with Crippen LogP contribution in [0.2, 0.25) is 0 Å². The Kier molecular flexibility index (Phi) is 5.67. The molecule has 0 atom stereocenters. The van der Waals surface area contributed by atoms with E-state index in [0.717, 1.165) is 11.8 Å². The second kappa shape index (κ2) is 7.88. The third-order valence-electron chi connectivity index (χ3n) is 4.32. The fourth-order valence-electron chi connectivity index (χ4n) is 2.81. The average molecular weight is 437 g/mol. The van der Waals surface area contributed by atoms with E-state index >= 15 is 0 Å². The van der Waals surface area contributed by atoms with Crippen LogP contribution >= 0.6 is 11.3 Å². The molecule has 1 aromatic heterocycles. The van der Waals surface area contributed by atoms with Crippen molar-refractivity contribution in [1.29, 1.82) is 0 Å². The van der Waals surface area contributed by atoms with E-state index in [2.05, 4.69) is 4.99 Å². The lowest BCUT2D eigenvalue weighted by molar-refractivity contribution is 0.0997. The molecule has 3 aromatic rings. The number of hydrogen-bond donors (Lipinski definition) is 0. The quantitative estimate of drug-likeness (QED) is 0.609. The number of hydrogen-bond acceptors (Lipinski definition) is 7. The number of rotatable bonds is 5. The van der Waals surface area contributed by atoms with Crippen LogP contribution in [-0.4, -0.2) is 46.5 Å². The molecule has 0 fully saturated rings. The van der Waals surface area contributed by atoms with Gasteiger partial charge >= 0.3 is 0 Å². The van der Waals surface area contributed by atoms with Gasteiger partial charge in [-0.25, -0.2) is 8.42 Å².